The average molecular weight is 312 g/mol. The van der Waals surface area contributed by atoms with E-state index in [9.17, 15) is 14.4 Å². The molecule has 1 aliphatic rings. The fourth-order valence-electron chi connectivity index (χ4n) is 1.91. The van der Waals surface area contributed by atoms with E-state index in [1.807, 2.05) is 0 Å². The summed E-state index contributed by atoms with van der Waals surface area (Å²) in [5.41, 5.74) is 0.366. The van der Waals surface area contributed by atoms with Gasteiger partial charge in [0.2, 0.25) is 0 Å². The van der Waals surface area contributed by atoms with Crippen molar-refractivity contribution in [3.8, 4) is 0 Å². The number of carboxylic acid groups (broad SMARTS) is 1. The molecule has 1 aliphatic heterocycles. The Kier molecular flexibility index (Phi) is 3.47. The molecular weight excluding hydrogens is 302 g/mol. The van der Waals surface area contributed by atoms with Gasteiger partial charge in [-0.2, -0.15) is 0 Å². The summed E-state index contributed by atoms with van der Waals surface area (Å²) in [4.78, 5) is 35.6. The molecule has 1 heterocycles. The minimum absolute atomic E-state index is 0.116. The van der Waals surface area contributed by atoms with Crippen LogP contribution in [0.2, 0.25) is 0 Å². The third-order valence-electron chi connectivity index (χ3n) is 2.76. The van der Waals surface area contributed by atoms with Crippen LogP contribution in [0, 0.1) is 0 Å². The Hall–Kier alpha value is -1.69. The Morgan fingerprint density at radius 2 is 2.11 bits per heavy atom. The molecule has 1 atom stereocenters. The van der Waals surface area contributed by atoms with Crippen molar-refractivity contribution in [1.82, 2.24) is 4.90 Å². The molecule has 0 aromatic heterocycles. The molecule has 1 aromatic rings. The fraction of sp³-hybridized carbons (Fsp3) is 0.250. The number of rotatable bonds is 2. The predicted octanol–water partition coefficient (Wildman–Crippen LogP) is 1.32. The Morgan fingerprint density at radius 3 is 2.72 bits per heavy atom. The molecule has 1 unspecified atom stereocenters. The van der Waals surface area contributed by atoms with Crippen LogP contribution in [0.1, 0.15) is 16.8 Å². The fourth-order valence-corrected chi connectivity index (χ4v) is 2.31. The van der Waals surface area contributed by atoms with Crippen LogP contribution >= 0.6 is 15.9 Å². The maximum Gasteiger partial charge on any atom is 0.326 e. The number of amides is 1. The number of ketones is 1. The number of benzene rings is 1. The number of hydrogen-bond donors (Lipinski definition) is 1. The lowest BCUT2D eigenvalue weighted by atomic mass is 10.1. The van der Waals surface area contributed by atoms with Gasteiger partial charge in [0.05, 0.1) is 6.54 Å². The largest absolute Gasteiger partial charge is 0.480 e. The molecule has 0 radical (unpaired) electrons. The summed E-state index contributed by atoms with van der Waals surface area (Å²) in [6.45, 7) is -0.137. The monoisotopic (exact) mass is 311 g/mol. The number of nitrogens with zero attached hydrogens (tertiary/aromatic N) is 1. The quantitative estimate of drug-likeness (QED) is 0.894. The molecule has 1 aromatic carbocycles. The zero-order valence-corrected chi connectivity index (χ0v) is 10.9. The van der Waals surface area contributed by atoms with E-state index in [1.54, 1.807) is 24.3 Å². The first-order chi connectivity index (χ1) is 8.49. The first-order valence-corrected chi connectivity index (χ1v) is 6.09. The highest BCUT2D eigenvalue weighted by molar-refractivity contribution is 9.10. The lowest BCUT2D eigenvalue weighted by Crippen LogP contribution is -2.40. The minimum Gasteiger partial charge on any atom is -0.480 e. The molecule has 2 rings (SSSR count). The van der Waals surface area contributed by atoms with Crippen LogP contribution in [0.5, 0.6) is 0 Å². The predicted molar refractivity (Wildman–Crippen MR) is 66.2 cm³/mol. The van der Waals surface area contributed by atoms with Crippen molar-refractivity contribution in [2.75, 3.05) is 6.54 Å². The van der Waals surface area contributed by atoms with Gasteiger partial charge in [-0.15, -0.1) is 0 Å². The van der Waals surface area contributed by atoms with Crippen LogP contribution in [-0.2, 0) is 9.59 Å². The van der Waals surface area contributed by atoms with Crippen LogP contribution in [0.25, 0.3) is 0 Å². The van der Waals surface area contributed by atoms with Crippen molar-refractivity contribution in [2.45, 2.75) is 12.5 Å². The summed E-state index contributed by atoms with van der Waals surface area (Å²) in [7, 11) is 0. The number of halogens is 1. The molecule has 5 nitrogen and oxygen atoms in total. The molecule has 1 amide bonds. The van der Waals surface area contributed by atoms with Crippen LogP contribution < -0.4 is 0 Å². The lowest BCUT2D eigenvalue weighted by molar-refractivity contribution is -0.141. The number of Topliss-reactive ketones (excluding diaryl/α,β-unsaturated/α-hetero) is 1. The smallest absolute Gasteiger partial charge is 0.326 e. The maximum atomic E-state index is 12.1. The van der Waals surface area contributed by atoms with E-state index in [2.05, 4.69) is 15.9 Å². The Labute approximate surface area is 112 Å². The average Bonchev–Trinajstić information content (AvgIpc) is 2.70. The molecule has 1 N–H and O–H groups in total. The van der Waals surface area contributed by atoms with Gasteiger partial charge in [0.25, 0.3) is 5.91 Å². The van der Waals surface area contributed by atoms with Crippen molar-refractivity contribution in [2.24, 2.45) is 0 Å². The van der Waals surface area contributed by atoms with E-state index < -0.39 is 17.9 Å². The second kappa shape index (κ2) is 4.89. The number of aliphatic carboxylic acids is 1. The van der Waals surface area contributed by atoms with Crippen LogP contribution in [-0.4, -0.2) is 40.3 Å². The maximum absolute atomic E-state index is 12.1. The molecule has 1 fully saturated rings. The van der Waals surface area contributed by atoms with Crippen molar-refractivity contribution < 1.29 is 19.5 Å². The van der Waals surface area contributed by atoms with Crippen molar-refractivity contribution >= 4 is 33.6 Å². The highest BCUT2D eigenvalue weighted by atomic mass is 79.9. The van der Waals surface area contributed by atoms with E-state index in [4.69, 9.17) is 5.11 Å². The van der Waals surface area contributed by atoms with Gasteiger partial charge in [-0.25, -0.2) is 4.79 Å². The van der Waals surface area contributed by atoms with Gasteiger partial charge in [-0.1, -0.05) is 22.0 Å². The van der Waals surface area contributed by atoms with Gasteiger partial charge < -0.3 is 10.0 Å². The topological polar surface area (TPSA) is 74.7 Å². The zero-order chi connectivity index (χ0) is 13.3. The summed E-state index contributed by atoms with van der Waals surface area (Å²) in [6, 6.07) is 5.59. The Morgan fingerprint density at radius 1 is 1.39 bits per heavy atom. The van der Waals surface area contributed by atoms with Gasteiger partial charge in [0.15, 0.2) is 5.78 Å². The van der Waals surface area contributed by atoms with Gasteiger partial charge >= 0.3 is 5.97 Å². The number of carboxylic acids is 1. The molecule has 94 valence electrons. The summed E-state index contributed by atoms with van der Waals surface area (Å²) >= 11 is 3.24. The van der Waals surface area contributed by atoms with Crippen molar-refractivity contribution in [3.63, 3.8) is 0 Å². The number of carbonyl (C=O) groups excluding carboxylic acids is 2. The number of likely N-dealkylation sites (tertiary alicyclic amines) is 1. The third kappa shape index (κ3) is 2.43. The highest BCUT2D eigenvalue weighted by Crippen LogP contribution is 2.20. The zero-order valence-electron chi connectivity index (χ0n) is 9.30. The van der Waals surface area contributed by atoms with Gasteiger partial charge in [-0.05, 0) is 18.2 Å². The third-order valence-corrected chi connectivity index (χ3v) is 3.25. The van der Waals surface area contributed by atoms with E-state index in [0.717, 1.165) is 9.37 Å². The normalized spacial score (nSPS) is 19.1. The van der Waals surface area contributed by atoms with Gasteiger partial charge in [0.1, 0.15) is 6.04 Å². The molecule has 6 heteroatoms. The van der Waals surface area contributed by atoms with E-state index in [0.29, 0.717) is 5.56 Å². The molecule has 0 spiro atoms. The summed E-state index contributed by atoms with van der Waals surface area (Å²) < 4.78 is 0.728. The van der Waals surface area contributed by atoms with E-state index in [1.165, 1.54) is 0 Å². The summed E-state index contributed by atoms with van der Waals surface area (Å²) in [5, 5.41) is 9.00. The highest BCUT2D eigenvalue weighted by Gasteiger charge is 2.39. The van der Waals surface area contributed by atoms with Crippen molar-refractivity contribution in [3.05, 3.63) is 34.3 Å². The molecule has 1 saturated heterocycles. The van der Waals surface area contributed by atoms with Crippen LogP contribution in [0.4, 0.5) is 0 Å². The second-order valence-electron chi connectivity index (χ2n) is 4.04. The molecule has 0 saturated carbocycles. The second-order valence-corrected chi connectivity index (χ2v) is 4.96. The first-order valence-electron chi connectivity index (χ1n) is 5.30. The van der Waals surface area contributed by atoms with E-state index >= 15 is 0 Å². The summed E-state index contributed by atoms with van der Waals surface area (Å²) in [5.74, 6) is -1.82. The Bertz CT molecular complexity index is 529. The number of carbonyl (C=O) groups is 3. The molecule has 18 heavy (non-hydrogen) atoms. The van der Waals surface area contributed by atoms with Crippen molar-refractivity contribution in [1.29, 1.82) is 0 Å². The SMILES string of the molecule is O=C1CC(C(=O)O)N(C(=O)c2cccc(Br)c2)C1. The minimum atomic E-state index is -1.15. The van der Waals surface area contributed by atoms with Gasteiger partial charge in [0, 0.05) is 16.5 Å². The van der Waals surface area contributed by atoms with Crippen LogP contribution in [0.3, 0.4) is 0 Å². The van der Waals surface area contributed by atoms with Crippen LogP contribution in [0.15, 0.2) is 28.7 Å². The van der Waals surface area contributed by atoms with Gasteiger partial charge in [-0.3, -0.25) is 9.59 Å². The standard InChI is InChI=1S/C12H10BrNO4/c13-8-3-1-2-7(4-8)11(16)14-6-9(15)5-10(14)12(17)18/h1-4,10H,5-6H2,(H,17,18). The molecule has 0 aliphatic carbocycles. The molecular formula is C12H10BrNO4. The first kappa shape index (κ1) is 12.8. The number of hydrogen-bond acceptors (Lipinski definition) is 3. The molecule has 0 bridgehead atoms. The Balaban J connectivity index is 2.28. The summed E-state index contributed by atoms with van der Waals surface area (Å²) in [6.07, 6.45) is -0.116. The van der Waals surface area contributed by atoms with E-state index in [-0.39, 0.29) is 18.7 Å². The lowest BCUT2D eigenvalue weighted by Gasteiger charge is -2.20.